The van der Waals surface area contributed by atoms with Crippen LogP contribution in [-0.4, -0.2) is 71.9 Å². The lowest BCUT2D eigenvalue weighted by atomic mass is 10.2. The number of nitrogens with zero attached hydrogens (tertiary/aromatic N) is 3. The van der Waals surface area contributed by atoms with Crippen LogP contribution in [0.3, 0.4) is 0 Å². The van der Waals surface area contributed by atoms with E-state index in [4.69, 9.17) is 13.9 Å². The molecule has 0 bridgehead atoms. The number of likely N-dealkylation sites (N-methyl/N-ethyl adjacent to an activating group) is 1. The van der Waals surface area contributed by atoms with Crippen LogP contribution in [0.1, 0.15) is 18.2 Å². The summed E-state index contributed by atoms with van der Waals surface area (Å²) in [4.78, 5) is 8.87. The van der Waals surface area contributed by atoms with Gasteiger partial charge >= 0.3 is 0 Å². The van der Waals surface area contributed by atoms with Gasteiger partial charge in [0, 0.05) is 56.6 Å². The van der Waals surface area contributed by atoms with Gasteiger partial charge in [-0.15, -0.1) is 24.0 Å². The van der Waals surface area contributed by atoms with E-state index in [0.29, 0.717) is 12.6 Å². The summed E-state index contributed by atoms with van der Waals surface area (Å²) in [6, 6.07) is 10.3. The first-order chi connectivity index (χ1) is 14.5. The van der Waals surface area contributed by atoms with Crippen LogP contribution in [0.2, 0.25) is 0 Å². The molecule has 2 atom stereocenters. The molecular formula is C22H34IN5O3. The summed E-state index contributed by atoms with van der Waals surface area (Å²) in [7, 11) is 9.23. The van der Waals surface area contributed by atoms with E-state index >= 15 is 0 Å². The molecule has 0 amide bonds. The zero-order valence-corrected chi connectivity index (χ0v) is 21.3. The second-order valence-electron chi connectivity index (χ2n) is 7.59. The van der Waals surface area contributed by atoms with Gasteiger partial charge in [-0.2, -0.15) is 0 Å². The van der Waals surface area contributed by atoms with Crippen molar-refractivity contribution in [3.05, 3.63) is 42.4 Å². The van der Waals surface area contributed by atoms with E-state index < -0.39 is 0 Å². The Labute approximate surface area is 202 Å². The summed E-state index contributed by atoms with van der Waals surface area (Å²) in [5.74, 6) is 3.32. The number of halogens is 1. The van der Waals surface area contributed by atoms with Crippen LogP contribution in [0.4, 0.5) is 5.69 Å². The van der Waals surface area contributed by atoms with E-state index in [2.05, 4.69) is 25.4 Å². The number of furan rings is 1. The molecule has 1 saturated heterocycles. The molecule has 9 heteroatoms. The monoisotopic (exact) mass is 543 g/mol. The predicted octanol–water partition coefficient (Wildman–Crippen LogP) is 2.96. The molecule has 2 heterocycles. The van der Waals surface area contributed by atoms with Crippen molar-refractivity contribution < 1.29 is 13.9 Å². The average molecular weight is 543 g/mol. The summed E-state index contributed by atoms with van der Waals surface area (Å²) >= 11 is 0. The van der Waals surface area contributed by atoms with Crippen LogP contribution in [0.15, 0.2) is 46.0 Å². The highest BCUT2D eigenvalue weighted by molar-refractivity contribution is 14.0. The second kappa shape index (κ2) is 12.0. The van der Waals surface area contributed by atoms with Crippen molar-refractivity contribution in [2.75, 3.05) is 59.9 Å². The van der Waals surface area contributed by atoms with Gasteiger partial charge < -0.3 is 29.4 Å². The van der Waals surface area contributed by atoms with E-state index in [9.17, 15) is 0 Å². The number of rotatable bonds is 8. The van der Waals surface area contributed by atoms with Gasteiger partial charge in [0.1, 0.15) is 17.3 Å². The number of guanidine groups is 1. The van der Waals surface area contributed by atoms with Gasteiger partial charge in [0.15, 0.2) is 5.96 Å². The first kappa shape index (κ1) is 25.1. The van der Waals surface area contributed by atoms with Crippen molar-refractivity contribution in [2.45, 2.75) is 18.5 Å². The molecule has 1 aromatic carbocycles. The van der Waals surface area contributed by atoms with Crippen LogP contribution in [0.5, 0.6) is 11.5 Å². The Morgan fingerprint density at radius 2 is 1.97 bits per heavy atom. The number of methoxy groups -OCH3 is 2. The number of nitrogens with one attached hydrogen (secondary N) is 2. The highest BCUT2D eigenvalue weighted by Gasteiger charge is 2.25. The van der Waals surface area contributed by atoms with Crippen LogP contribution < -0.4 is 25.0 Å². The molecule has 0 spiro atoms. The van der Waals surface area contributed by atoms with Crippen molar-refractivity contribution in [2.24, 2.45) is 4.99 Å². The van der Waals surface area contributed by atoms with Crippen LogP contribution in [-0.2, 0) is 0 Å². The predicted molar refractivity (Wildman–Crippen MR) is 135 cm³/mol. The number of aliphatic imine (C=N–C) groups is 1. The molecule has 2 N–H and O–H groups in total. The van der Waals surface area contributed by atoms with E-state index in [0.717, 1.165) is 48.4 Å². The highest BCUT2D eigenvalue weighted by Crippen LogP contribution is 2.30. The quantitative estimate of drug-likeness (QED) is 0.302. The first-order valence-corrected chi connectivity index (χ1v) is 10.2. The Morgan fingerprint density at radius 3 is 2.52 bits per heavy atom. The lowest BCUT2D eigenvalue weighted by molar-refractivity contribution is 0.258. The Morgan fingerprint density at radius 1 is 1.26 bits per heavy atom. The molecule has 1 aliphatic heterocycles. The van der Waals surface area contributed by atoms with Crippen molar-refractivity contribution in [1.29, 1.82) is 0 Å². The zero-order valence-electron chi connectivity index (χ0n) is 18.9. The maximum absolute atomic E-state index is 5.59. The minimum absolute atomic E-state index is 0. The normalized spacial score (nSPS) is 17.3. The third kappa shape index (κ3) is 6.67. The molecule has 1 aliphatic rings. The van der Waals surface area contributed by atoms with Crippen molar-refractivity contribution in [3.63, 3.8) is 0 Å². The van der Waals surface area contributed by atoms with Crippen molar-refractivity contribution >= 4 is 35.6 Å². The molecule has 2 unspecified atom stereocenters. The molecule has 0 aliphatic carbocycles. The topological polar surface area (TPSA) is 74.5 Å². The van der Waals surface area contributed by atoms with Crippen LogP contribution in [0, 0.1) is 0 Å². The Hall–Kier alpha value is -2.14. The molecule has 0 saturated carbocycles. The number of hydrogen-bond donors (Lipinski definition) is 2. The standard InChI is InChI=1S/C22H33N5O3.HI/c1-23-22(24-14-20(26(2)3)21-7-6-10-30-21)25-16-8-9-27(15-16)17-11-18(28-4)13-19(12-17)29-5;/h6-7,10-13,16,20H,8-9,14-15H2,1-5H3,(H2,23,24,25);1H. The molecule has 2 aromatic rings. The Bertz CT molecular complexity index is 806. The summed E-state index contributed by atoms with van der Waals surface area (Å²) in [6.07, 6.45) is 2.73. The average Bonchev–Trinajstić information content (AvgIpc) is 3.44. The fourth-order valence-electron chi connectivity index (χ4n) is 3.69. The lowest BCUT2D eigenvalue weighted by Crippen LogP contribution is -2.46. The molecule has 8 nitrogen and oxygen atoms in total. The number of benzene rings is 1. The van der Waals surface area contributed by atoms with Crippen molar-refractivity contribution in [3.8, 4) is 11.5 Å². The molecule has 0 radical (unpaired) electrons. The SMILES string of the molecule is CN=C(NCC(c1ccco1)N(C)C)NC1CCN(c2cc(OC)cc(OC)c2)C1.I. The Balaban J connectivity index is 0.00000341. The van der Waals surface area contributed by atoms with Gasteiger partial charge in [-0.25, -0.2) is 0 Å². The van der Waals surface area contributed by atoms with Gasteiger partial charge in [0.25, 0.3) is 0 Å². The summed E-state index contributed by atoms with van der Waals surface area (Å²) in [5.41, 5.74) is 1.10. The van der Waals surface area contributed by atoms with Gasteiger partial charge in [-0.3, -0.25) is 9.89 Å². The smallest absolute Gasteiger partial charge is 0.191 e. The second-order valence-corrected chi connectivity index (χ2v) is 7.59. The first-order valence-electron chi connectivity index (χ1n) is 10.2. The number of ether oxygens (including phenoxy) is 2. The molecular weight excluding hydrogens is 509 g/mol. The van der Waals surface area contributed by atoms with E-state index in [1.807, 2.05) is 44.4 Å². The third-order valence-corrected chi connectivity index (χ3v) is 5.41. The third-order valence-electron chi connectivity index (χ3n) is 5.41. The molecule has 3 rings (SSSR count). The minimum atomic E-state index is 0. The minimum Gasteiger partial charge on any atom is -0.497 e. The van der Waals surface area contributed by atoms with Gasteiger partial charge in [0.05, 0.1) is 26.5 Å². The Kier molecular flexibility index (Phi) is 9.76. The fraction of sp³-hybridized carbons (Fsp3) is 0.500. The molecule has 1 aromatic heterocycles. The fourth-order valence-corrected chi connectivity index (χ4v) is 3.69. The van der Waals surface area contributed by atoms with Crippen LogP contribution >= 0.6 is 24.0 Å². The van der Waals surface area contributed by atoms with Crippen LogP contribution in [0.25, 0.3) is 0 Å². The number of hydrogen-bond acceptors (Lipinski definition) is 6. The maximum atomic E-state index is 5.59. The summed E-state index contributed by atoms with van der Waals surface area (Å²) in [6.45, 7) is 2.54. The zero-order chi connectivity index (χ0) is 21.5. The highest BCUT2D eigenvalue weighted by atomic mass is 127. The summed E-state index contributed by atoms with van der Waals surface area (Å²) in [5, 5.41) is 6.98. The largest absolute Gasteiger partial charge is 0.497 e. The van der Waals surface area contributed by atoms with Gasteiger partial charge in [0.2, 0.25) is 0 Å². The van der Waals surface area contributed by atoms with E-state index in [1.54, 1.807) is 27.5 Å². The maximum Gasteiger partial charge on any atom is 0.191 e. The molecule has 172 valence electrons. The van der Waals surface area contributed by atoms with Crippen molar-refractivity contribution in [1.82, 2.24) is 15.5 Å². The van der Waals surface area contributed by atoms with E-state index in [1.165, 1.54) is 0 Å². The van der Waals surface area contributed by atoms with Gasteiger partial charge in [-0.05, 0) is 32.6 Å². The van der Waals surface area contributed by atoms with Gasteiger partial charge in [-0.1, -0.05) is 0 Å². The summed E-state index contributed by atoms with van der Waals surface area (Å²) < 4.78 is 16.4. The number of anilines is 1. The van der Waals surface area contributed by atoms with E-state index in [-0.39, 0.29) is 30.0 Å². The lowest BCUT2D eigenvalue weighted by Gasteiger charge is -2.25. The molecule has 31 heavy (non-hydrogen) atoms. The molecule has 1 fully saturated rings.